The highest BCUT2D eigenvalue weighted by atomic mass is 35.5. The lowest BCUT2D eigenvalue weighted by Crippen LogP contribution is -2.12. The Hall–Kier alpha value is -2.34. The molecule has 0 saturated carbocycles. The topological polar surface area (TPSA) is 90.1 Å². The standard InChI is InChI=1S/C14H15ClN4O2/c1-21-14-18-8-11(15)13(19-14)17-6-5-9-3-2-4-10(7-9)12(16)20/h2-4,7-8H,5-6H2,1H3,(H2,16,20)(H,17,18,19). The number of nitrogens with one attached hydrogen (secondary N) is 1. The molecular formula is C14H15ClN4O2. The van der Waals surface area contributed by atoms with Crippen molar-refractivity contribution in [1.82, 2.24) is 9.97 Å². The van der Waals surface area contributed by atoms with E-state index in [1.807, 2.05) is 6.07 Å². The fourth-order valence-corrected chi connectivity index (χ4v) is 1.94. The first-order valence-electron chi connectivity index (χ1n) is 6.29. The van der Waals surface area contributed by atoms with E-state index in [4.69, 9.17) is 22.1 Å². The van der Waals surface area contributed by atoms with Crippen LogP contribution in [0.3, 0.4) is 0 Å². The van der Waals surface area contributed by atoms with Crippen LogP contribution in [0, 0.1) is 0 Å². The summed E-state index contributed by atoms with van der Waals surface area (Å²) in [5, 5.41) is 3.52. The summed E-state index contributed by atoms with van der Waals surface area (Å²) < 4.78 is 4.94. The molecule has 0 radical (unpaired) electrons. The predicted octanol–water partition coefficient (Wildman–Crippen LogP) is 1.89. The molecule has 0 aliphatic carbocycles. The Balaban J connectivity index is 1.98. The van der Waals surface area contributed by atoms with Gasteiger partial charge in [0.1, 0.15) is 5.02 Å². The lowest BCUT2D eigenvalue weighted by Gasteiger charge is -2.08. The van der Waals surface area contributed by atoms with Crippen molar-refractivity contribution < 1.29 is 9.53 Å². The van der Waals surface area contributed by atoms with E-state index in [0.29, 0.717) is 29.4 Å². The zero-order valence-electron chi connectivity index (χ0n) is 11.5. The van der Waals surface area contributed by atoms with Crippen molar-refractivity contribution in [2.75, 3.05) is 19.0 Å². The van der Waals surface area contributed by atoms with E-state index in [-0.39, 0.29) is 6.01 Å². The molecule has 1 amide bonds. The molecule has 0 saturated heterocycles. The van der Waals surface area contributed by atoms with E-state index in [0.717, 1.165) is 5.56 Å². The number of hydrogen-bond donors (Lipinski definition) is 2. The van der Waals surface area contributed by atoms with Crippen molar-refractivity contribution in [2.24, 2.45) is 5.73 Å². The van der Waals surface area contributed by atoms with Crippen molar-refractivity contribution >= 4 is 23.3 Å². The number of hydrogen-bond acceptors (Lipinski definition) is 5. The van der Waals surface area contributed by atoms with E-state index in [9.17, 15) is 4.79 Å². The van der Waals surface area contributed by atoms with Gasteiger partial charge in [0, 0.05) is 12.1 Å². The third kappa shape index (κ3) is 4.06. The Bertz CT molecular complexity index is 649. The minimum atomic E-state index is -0.437. The zero-order valence-corrected chi connectivity index (χ0v) is 12.2. The van der Waals surface area contributed by atoms with E-state index in [2.05, 4.69) is 15.3 Å². The zero-order chi connectivity index (χ0) is 15.2. The van der Waals surface area contributed by atoms with Gasteiger partial charge in [-0.15, -0.1) is 0 Å². The fraction of sp³-hybridized carbons (Fsp3) is 0.214. The van der Waals surface area contributed by atoms with E-state index >= 15 is 0 Å². The molecule has 0 unspecified atom stereocenters. The highest BCUT2D eigenvalue weighted by Crippen LogP contribution is 2.20. The Morgan fingerprint density at radius 3 is 3.00 bits per heavy atom. The summed E-state index contributed by atoms with van der Waals surface area (Å²) >= 11 is 6.00. The summed E-state index contributed by atoms with van der Waals surface area (Å²) in [4.78, 5) is 19.1. The van der Waals surface area contributed by atoms with Crippen LogP contribution in [0.15, 0.2) is 30.5 Å². The average Bonchev–Trinajstić information content (AvgIpc) is 2.49. The van der Waals surface area contributed by atoms with Crippen LogP contribution >= 0.6 is 11.6 Å². The first-order valence-corrected chi connectivity index (χ1v) is 6.67. The molecule has 6 nitrogen and oxygen atoms in total. The first-order chi connectivity index (χ1) is 10.1. The van der Waals surface area contributed by atoms with Gasteiger partial charge < -0.3 is 15.8 Å². The van der Waals surface area contributed by atoms with Gasteiger partial charge in [0.2, 0.25) is 5.91 Å². The molecule has 1 heterocycles. The monoisotopic (exact) mass is 306 g/mol. The van der Waals surface area contributed by atoms with Crippen LogP contribution in [0.4, 0.5) is 5.82 Å². The van der Waals surface area contributed by atoms with Crippen LogP contribution in [-0.2, 0) is 6.42 Å². The van der Waals surface area contributed by atoms with E-state index in [1.54, 1.807) is 18.2 Å². The second-order valence-corrected chi connectivity index (χ2v) is 4.70. The largest absolute Gasteiger partial charge is 0.467 e. The third-order valence-corrected chi connectivity index (χ3v) is 3.10. The number of anilines is 1. The van der Waals surface area contributed by atoms with Gasteiger partial charge in [-0.25, -0.2) is 4.98 Å². The van der Waals surface area contributed by atoms with Crippen LogP contribution in [0.5, 0.6) is 6.01 Å². The Kier molecular flexibility index (Phi) is 4.94. The number of carbonyl (C=O) groups is 1. The summed E-state index contributed by atoms with van der Waals surface area (Å²) in [6, 6.07) is 7.43. The van der Waals surface area contributed by atoms with Crippen LogP contribution in [0.1, 0.15) is 15.9 Å². The lowest BCUT2D eigenvalue weighted by atomic mass is 10.1. The number of rotatable bonds is 6. The predicted molar refractivity (Wildman–Crippen MR) is 80.7 cm³/mol. The summed E-state index contributed by atoms with van der Waals surface area (Å²) in [6.45, 7) is 0.599. The highest BCUT2D eigenvalue weighted by Gasteiger charge is 2.06. The van der Waals surface area contributed by atoms with Gasteiger partial charge in [-0.05, 0) is 24.1 Å². The van der Waals surface area contributed by atoms with Crippen LogP contribution in [-0.4, -0.2) is 29.5 Å². The summed E-state index contributed by atoms with van der Waals surface area (Å²) in [5.41, 5.74) is 6.74. The summed E-state index contributed by atoms with van der Waals surface area (Å²) in [5.74, 6) is 0.0722. The van der Waals surface area contributed by atoms with E-state index < -0.39 is 5.91 Å². The molecule has 1 aromatic carbocycles. The number of ether oxygens (including phenoxy) is 1. The Morgan fingerprint density at radius 2 is 2.29 bits per heavy atom. The van der Waals surface area contributed by atoms with Crippen molar-refractivity contribution in [3.05, 3.63) is 46.6 Å². The van der Waals surface area contributed by atoms with Gasteiger partial charge >= 0.3 is 6.01 Å². The minimum absolute atomic E-state index is 0.248. The fourth-order valence-electron chi connectivity index (χ4n) is 1.78. The number of carbonyl (C=O) groups excluding carboxylic acids is 1. The number of nitrogens with zero attached hydrogens (tertiary/aromatic N) is 2. The van der Waals surface area contributed by atoms with Gasteiger partial charge in [-0.3, -0.25) is 4.79 Å². The average molecular weight is 307 g/mol. The normalized spacial score (nSPS) is 10.2. The van der Waals surface area contributed by atoms with Crippen molar-refractivity contribution in [3.8, 4) is 6.01 Å². The lowest BCUT2D eigenvalue weighted by molar-refractivity contribution is 0.1000. The molecule has 110 valence electrons. The maximum atomic E-state index is 11.1. The second-order valence-electron chi connectivity index (χ2n) is 4.29. The van der Waals surface area contributed by atoms with Crippen molar-refractivity contribution in [1.29, 1.82) is 0 Å². The Morgan fingerprint density at radius 1 is 1.48 bits per heavy atom. The number of benzene rings is 1. The molecule has 0 spiro atoms. The third-order valence-electron chi connectivity index (χ3n) is 2.82. The minimum Gasteiger partial charge on any atom is -0.467 e. The molecule has 2 aromatic rings. The van der Waals surface area contributed by atoms with Crippen LogP contribution < -0.4 is 15.8 Å². The first kappa shape index (κ1) is 15.1. The SMILES string of the molecule is COc1ncc(Cl)c(NCCc2cccc(C(N)=O)c2)n1. The van der Waals surface area contributed by atoms with Crippen molar-refractivity contribution in [3.63, 3.8) is 0 Å². The van der Waals surface area contributed by atoms with Crippen LogP contribution in [0.2, 0.25) is 5.02 Å². The molecule has 1 aromatic heterocycles. The number of aromatic nitrogens is 2. The van der Waals surface area contributed by atoms with Gasteiger partial charge in [0.15, 0.2) is 5.82 Å². The molecule has 3 N–H and O–H groups in total. The number of nitrogens with two attached hydrogens (primary N) is 1. The smallest absolute Gasteiger partial charge is 0.318 e. The van der Waals surface area contributed by atoms with Gasteiger partial charge in [-0.2, -0.15) is 4.98 Å². The number of halogens is 1. The van der Waals surface area contributed by atoms with Gasteiger partial charge in [-0.1, -0.05) is 23.7 Å². The number of methoxy groups -OCH3 is 1. The van der Waals surface area contributed by atoms with Gasteiger partial charge in [0.25, 0.3) is 0 Å². The maximum absolute atomic E-state index is 11.1. The molecule has 0 aliphatic heterocycles. The summed E-state index contributed by atoms with van der Waals surface area (Å²) in [6.07, 6.45) is 2.17. The second kappa shape index (κ2) is 6.90. The molecule has 21 heavy (non-hydrogen) atoms. The maximum Gasteiger partial charge on any atom is 0.318 e. The molecule has 0 atom stereocenters. The van der Waals surface area contributed by atoms with Crippen molar-refractivity contribution in [2.45, 2.75) is 6.42 Å². The molecule has 7 heteroatoms. The molecule has 0 fully saturated rings. The number of amides is 1. The Labute approximate surface area is 127 Å². The summed E-state index contributed by atoms with van der Waals surface area (Å²) in [7, 11) is 1.49. The van der Waals surface area contributed by atoms with Crippen LogP contribution in [0.25, 0.3) is 0 Å². The molecular weight excluding hydrogens is 292 g/mol. The van der Waals surface area contributed by atoms with E-state index in [1.165, 1.54) is 13.3 Å². The molecule has 0 aliphatic rings. The molecule has 2 rings (SSSR count). The number of primary amides is 1. The quantitative estimate of drug-likeness (QED) is 0.850. The highest BCUT2D eigenvalue weighted by molar-refractivity contribution is 6.32. The van der Waals surface area contributed by atoms with Gasteiger partial charge in [0.05, 0.1) is 13.3 Å². The molecule has 0 bridgehead atoms.